The Hall–Kier alpha value is -1.58. The summed E-state index contributed by atoms with van der Waals surface area (Å²) in [7, 11) is 0. The second-order valence-electron chi connectivity index (χ2n) is 2.11. The predicted molar refractivity (Wildman–Crippen MR) is 39.6 cm³/mol. The molecular formula is C7H9NO3. The predicted octanol–water partition coefficient (Wildman–Crippen LogP) is 0.791. The second-order valence-corrected chi connectivity index (χ2v) is 2.11. The van der Waals surface area contributed by atoms with Crippen molar-refractivity contribution in [3.63, 3.8) is 0 Å². The first-order valence-corrected chi connectivity index (χ1v) is 3.08. The van der Waals surface area contributed by atoms with Crippen molar-refractivity contribution in [1.29, 1.82) is 0 Å². The molecule has 60 valence electrons. The fourth-order valence-electron chi connectivity index (χ4n) is 0.821. The topological polar surface area (TPSA) is 65.6 Å². The maximum atomic E-state index is 9.05. The molecular weight excluding hydrogens is 146 g/mol. The van der Waals surface area contributed by atoms with Gasteiger partial charge in [0.25, 0.3) is 0 Å². The summed E-state index contributed by atoms with van der Waals surface area (Å²) >= 11 is 0. The van der Waals surface area contributed by atoms with Crippen LogP contribution in [0.2, 0.25) is 0 Å². The van der Waals surface area contributed by atoms with Crippen molar-refractivity contribution in [3.05, 3.63) is 18.7 Å². The van der Waals surface area contributed by atoms with E-state index in [2.05, 4.69) is 6.58 Å². The molecule has 1 rings (SSSR count). The standard InChI is InChI=1S/C7H9NO3/c1-2-3-8-6(10)4-5(9)7(8)11/h2,4,9-11H,1,3H2. The van der Waals surface area contributed by atoms with E-state index in [1.165, 1.54) is 6.08 Å². The van der Waals surface area contributed by atoms with Gasteiger partial charge in [-0.1, -0.05) is 6.08 Å². The first kappa shape index (κ1) is 7.53. The quantitative estimate of drug-likeness (QED) is 0.553. The van der Waals surface area contributed by atoms with Gasteiger partial charge in [0.1, 0.15) is 0 Å². The molecule has 0 fully saturated rings. The highest BCUT2D eigenvalue weighted by Crippen LogP contribution is 2.32. The summed E-state index contributed by atoms with van der Waals surface area (Å²) in [6, 6.07) is 1.07. The molecule has 0 amide bonds. The molecule has 0 radical (unpaired) electrons. The third kappa shape index (κ3) is 1.14. The molecule has 0 aromatic carbocycles. The average molecular weight is 155 g/mol. The number of aromatic nitrogens is 1. The highest BCUT2D eigenvalue weighted by atomic mass is 16.3. The first-order chi connectivity index (χ1) is 5.16. The van der Waals surface area contributed by atoms with E-state index in [-0.39, 0.29) is 24.1 Å². The van der Waals surface area contributed by atoms with Gasteiger partial charge < -0.3 is 15.3 Å². The van der Waals surface area contributed by atoms with E-state index in [4.69, 9.17) is 15.3 Å². The Morgan fingerprint density at radius 2 is 2.09 bits per heavy atom. The zero-order valence-electron chi connectivity index (χ0n) is 5.86. The van der Waals surface area contributed by atoms with Crippen LogP contribution in [0, 0.1) is 0 Å². The van der Waals surface area contributed by atoms with Gasteiger partial charge in [-0.15, -0.1) is 6.58 Å². The van der Waals surface area contributed by atoms with Gasteiger partial charge >= 0.3 is 0 Å². The van der Waals surface area contributed by atoms with E-state index >= 15 is 0 Å². The van der Waals surface area contributed by atoms with E-state index in [9.17, 15) is 0 Å². The van der Waals surface area contributed by atoms with Crippen LogP contribution >= 0.6 is 0 Å². The molecule has 4 heteroatoms. The molecule has 0 aliphatic heterocycles. The Labute approximate surface area is 63.6 Å². The fraction of sp³-hybridized carbons (Fsp3) is 0.143. The van der Waals surface area contributed by atoms with E-state index < -0.39 is 0 Å². The first-order valence-electron chi connectivity index (χ1n) is 3.08. The van der Waals surface area contributed by atoms with Crippen LogP contribution in [0.25, 0.3) is 0 Å². The molecule has 1 aromatic heterocycles. The van der Waals surface area contributed by atoms with Crippen molar-refractivity contribution in [1.82, 2.24) is 4.57 Å². The van der Waals surface area contributed by atoms with Gasteiger partial charge in [-0.25, -0.2) is 0 Å². The Morgan fingerprint density at radius 3 is 2.45 bits per heavy atom. The van der Waals surface area contributed by atoms with Crippen LogP contribution in [0.15, 0.2) is 18.7 Å². The number of aromatic hydroxyl groups is 3. The van der Waals surface area contributed by atoms with Crippen LogP contribution in [0.3, 0.4) is 0 Å². The fourth-order valence-corrected chi connectivity index (χ4v) is 0.821. The molecule has 0 unspecified atom stereocenters. The van der Waals surface area contributed by atoms with Crippen molar-refractivity contribution in [2.24, 2.45) is 0 Å². The normalized spacial score (nSPS) is 9.82. The molecule has 0 spiro atoms. The summed E-state index contributed by atoms with van der Waals surface area (Å²) < 4.78 is 1.13. The van der Waals surface area contributed by atoms with Crippen molar-refractivity contribution in [3.8, 4) is 17.5 Å². The van der Waals surface area contributed by atoms with E-state index in [1.807, 2.05) is 0 Å². The molecule has 3 N–H and O–H groups in total. The number of nitrogens with zero attached hydrogens (tertiary/aromatic N) is 1. The van der Waals surface area contributed by atoms with Gasteiger partial charge in [-0.3, -0.25) is 4.57 Å². The Balaban J connectivity index is 3.11. The summed E-state index contributed by atoms with van der Waals surface area (Å²) in [6.45, 7) is 3.68. The number of hydrogen-bond donors (Lipinski definition) is 3. The molecule has 0 aliphatic rings. The number of hydrogen-bond acceptors (Lipinski definition) is 3. The highest BCUT2D eigenvalue weighted by Gasteiger charge is 2.10. The van der Waals surface area contributed by atoms with Crippen LogP contribution in [0.1, 0.15) is 0 Å². The van der Waals surface area contributed by atoms with Crippen LogP contribution in [0.4, 0.5) is 0 Å². The van der Waals surface area contributed by atoms with Gasteiger partial charge in [0.15, 0.2) is 11.6 Å². The Morgan fingerprint density at radius 1 is 1.45 bits per heavy atom. The second kappa shape index (κ2) is 2.57. The molecule has 0 saturated heterocycles. The minimum atomic E-state index is -0.345. The third-order valence-corrected chi connectivity index (χ3v) is 1.34. The monoisotopic (exact) mass is 155 g/mol. The average Bonchev–Trinajstić information content (AvgIpc) is 2.17. The van der Waals surface area contributed by atoms with Crippen LogP contribution in [0.5, 0.6) is 17.5 Å². The lowest BCUT2D eigenvalue weighted by Crippen LogP contribution is -1.91. The zero-order chi connectivity index (χ0) is 8.43. The minimum absolute atomic E-state index is 0.181. The maximum Gasteiger partial charge on any atom is 0.237 e. The summed E-state index contributed by atoms with van der Waals surface area (Å²) in [5, 5.41) is 27.0. The summed E-state index contributed by atoms with van der Waals surface area (Å²) in [5.74, 6) is -0.855. The lowest BCUT2D eigenvalue weighted by molar-refractivity contribution is 0.360. The third-order valence-electron chi connectivity index (χ3n) is 1.34. The summed E-state index contributed by atoms with van der Waals surface area (Å²) in [5.41, 5.74) is 0. The number of allylic oxidation sites excluding steroid dienone is 1. The van der Waals surface area contributed by atoms with Crippen LogP contribution in [-0.2, 0) is 6.54 Å². The number of rotatable bonds is 2. The summed E-state index contributed by atoms with van der Waals surface area (Å²) in [4.78, 5) is 0. The van der Waals surface area contributed by atoms with Crippen molar-refractivity contribution in [2.75, 3.05) is 0 Å². The minimum Gasteiger partial charge on any atom is -0.503 e. The van der Waals surface area contributed by atoms with Gasteiger partial charge in [0, 0.05) is 12.6 Å². The van der Waals surface area contributed by atoms with Crippen molar-refractivity contribution >= 4 is 0 Å². The lowest BCUT2D eigenvalue weighted by atomic mass is 10.6. The lowest BCUT2D eigenvalue weighted by Gasteiger charge is -2.00. The van der Waals surface area contributed by atoms with Gasteiger partial charge in [-0.2, -0.15) is 0 Å². The van der Waals surface area contributed by atoms with E-state index in [0.717, 1.165) is 10.6 Å². The molecule has 0 bridgehead atoms. The van der Waals surface area contributed by atoms with Crippen molar-refractivity contribution in [2.45, 2.75) is 6.54 Å². The largest absolute Gasteiger partial charge is 0.503 e. The smallest absolute Gasteiger partial charge is 0.237 e. The van der Waals surface area contributed by atoms with E-state index in [0.29, 0.717) is 0 Å². The van der Waals surface area contributed by atoms with Crippen molar-refractivity contribution < 1.29 is 15.3 Å². The van der Waals surface area contributed by atoms with Gasteiger partial charge in [0.05, 0.1) is 0 Å². The van der Waals surface area contributed by atoms with E-state index in [1.54, 1.807) is 0 Å². The molecule has 1 heterocycles. The molecule has 1 aromatic rings. The molecule has 0 aliphatic carbocycles. The maximum absolute atomic E-state index is 9.05. The van der Waals surface area contributed by atoms with Crippen LogP contribution in [-0.4, -0.2) is 19.9 Å². The molecule has 4 nitrogen and oxygen atoms in total. The van der Waals surface area contributed by atoms with Crippen LogP contribution < -0.4 is 0 Å². The van der Waals surface area contributed by atoms with Gasteiger partial charge in [-0.05, 0) is 0 Å². The molecule has 0 saturated carbocycles. The Kier molecular flexibility index (Phi) is 1.76. The SMILES string of the molecule is C=CCn1c(O)cc(O)c1O. The van der Waals surface area contributed by atoms with Gasteiger partial charge in [0.2, 0.25) is 5.88 Å². The summed E-state index contributed by atoms with van der Waals surface area (Å²) in [6.07, 6.45) is 1.50. The highest BCUT2D eigenvalue weighted by molar-refractivity contribution is 5.40. The molecule has 11 heavy (non-hydrogen) atoms. The Bertz CT molecular complexity index is 277. The zero-order valence-corrected chi connectivity index (χ0v) is 5.86. The molecule has 0 atom stereocenters.